The zero-order chi connectivity index (χ0) is 13.5. The van der Waals surface area contributed by atoms with E-state index in [0.29, 0.717) is 18.5 Å². The van der Waals surface area contributed by atoms with Crippen LogP contribution >= 0.6 is 0 Å². The van der Waals surface area contributed by atoms with Crippen LogP contribution in [0.2, 0.25) is 0 Å². The molecule has 1 atom stereocenters. The Morgan fingerprint density at radius 1 is 1.39 bits per heavy atom. The molecule has 100 valence electrons. The molecule has 0 bridgehead atoms. The Morgan fingerprint density at radius 2 is 2.11 bits per heavy atom. The van der Waals surface area contributed by atoms with Gasteiger partial charge in [0.25, 0.3) is 0 Å². The van der Waals surface area contributed by atoms with Crippen LogP contribution in [0.15, 0.2) is 18.2 Å². The summed E-state index contributed by atoms with van der Waals surface area (Å²) in [5.74, 6) is -2.36. The minimum absolute atomic E-state index is 0.149. The molecule has 0 aliphatic rings. The number of nitrogens with two attached hydrogens (primary N) is 1. The molecule has 1 amide bonds. The third-order valence-corrected chi connectivity index (χ3v) is 2.67. The quantitative estimate of drug-likeness (QED) is 0.812. The first-order valence-corrected chi connectivity index (χ1v) is 6.00. The van der Waals surface area contributed by atoms with Gasteiger partial charge in [-0.2, -0.15) is 0 Å². The number of carbonyl (C=O) groups excluding carboxylic acids is 1. The van der Waals surface area contributed by atoms with Crippen LogP contribution in [0.5, 0.6) is 0 Å². The lowest BCUT2D eigenvalue weighted by Crippen LogP contribution is -2.36. The largest absolute Gasteiger partial charge is 0.356 e. The first-order chi connectivity index (χ1) is 8.58. The topological polar surface area (TPSA) is 55.1 Å². The summed E-state index contributed by atoms with van der Waals surface area (Å²) in [5.41, 5.74) is 6.10. The Kier molecular flexibility index (Phi) is 5.71. The molecule has 0 fully saturated rings. The summed E-state index contributed by atoms with van der Waals surface area (Å²) in [6.45, 7) is 2.72. The van der Waals surface area contributed by atoms with Crippen LogP contribution < -0.4 is 11.1 Å². The second-order valence-electron chi connectivity index (χ2n) is 4.18. The van der Waals surface area contributed by atoms with Crippen LogP contribution in [0, 0.1) is 17.6 Å². The third kappa shape index (κ3) is 4.07. The van der Waals surface area contributed by atoms with E-state index >= 15 is 0 Å². The van der Waals surface area contributed by atoms with Crippen LogP contribution in [0.1, 0.15) is 18.9 Å². The first-order valence-electron chi connectivity index (χ1n) is 6.00. The standard InChI is InChI=1S/C13H18F2N2O/c1-2-5-17-13(18)10(8-16)6-9-3-4-11(14)12(15)7-9/h3-4,7,10H,2,5-6,8,16H2,1H3,(H,17,18). The van der Waals surface area contributed by atoms with Gasteiger partial charge in [0.15, 0.2) is 11.6 Å². The lowest BCUT2D eigenvalue weighted by molar-refractivity contribution is -0.124. The van der Waals surface area contributed by atoms with Crippen molar-refractivity contribution in [3.63, 3.8) is 0 Å². The molecule has 1 aromatic rings. The minimum atomic E-state index is -0.905. The number of hydrogen-bond acceptors (Lipinski definition) is 2. The highest BCUT2D eigenvalue weighted by Crippen LogP contribution is 2.13. The van der Waals surface area contributed by atoms with Gasteiger partial charge in [0.1, 0.15) is 0 Å². The van der Waals surface area contributed by atoms with Crippen LogP contribution in [0.4, 0.5) is 8.78 Å². The monoisotopic (exact) mass is 256 g/mol. The summed E-state index contributed by atoms with van der Waals surface area (Å²) in [6, 6.07) is 3.63. The van der Waals surface area contributed by atoms with Crippen molar-refractivity contribution in [1.29, 1.82) is 0 Å². The summed E-state index contributed by atoms with van der Waals surface area (Å²) in [6.07, 6.45) is 1.15. The van der Waals surface area contributed by atoms with Crippen LogP contribution in [0.3, 0.4) is 0 Å². The van der Waals surface area contributed by atoms with Crippen molar-refractivity contribution in [2.75, 3.05) is 13.1 Å². The van der Waals surface area contributed by atoms with Gasteiger partial charge in [-0.15, -0.1) is 0 Å². The number of nitrogens with one attached hydrogen (secondary N) is 1. The summed E-state index contributed by atoms with van der Waals surface area (Å²) in [7, 11) is 0. The summed E-state index contributed by atoms with van der Waals surface area (Å²) in [5, 5.41) is 2.74. The second kappa shape index (κ2) is 7.06. The van der Waals surface area contributed by atoms with Gasteiger partial charge in [-0.1, -0.05) is 13.0 Å². The molecule has 18 heavy (non-hydrogen) atoms. The van der Waals surface area contributed by atoms with E-state index in [1.54, 1.807) is 0 Å². The number of halogens is 2. The number of rotatable bonds is 6. The van der Waals surface area contributed by atoms with Crippen molar-refractivity contribution in [1.82, 2.24) is 5.32 Å². The molecule has 0 saturated carbocycles. The van der Waals surface area contributed by atoms with Gasteiger partial charge in [0.05, 0.1) is 5.92 Å². The van der Waals surface area contributed by atoms with Gasteiger partial charge in [0.2, 0.25) is 5.91 Å². The zero-order valence-electron chi connectivity index (χ0n) is 10.4. The van der Waals surface area contributed by atoms with Crippen molar-refractivity contribution in [2.45, 2.75) is 19.8 Å². The molecular weight excluding hydrogens is 238 g/mol. The van der Waals surface area contributed by atoms with Crippen molar-refractivity contribution >= 4 is 5.91 Å². The second-order valence-corrected chi connectivity index (χ2v) is 4.18. The molecule has 0 saturated heterocycles. The molecule has 0 radical (unpaired) electrons. The predicted octanol–water partition coefficient (Wildman–Crippen LogP) is 1.61. The Labute approximate surface area is 105 Å². The van der Waals surface area contributed by atoms with Gasteiger partial charge in [-0.25, -0.2) is 8.78 Å². The number of carbonyl (C=O) groups is 1. The molecular formula is C13H18F2N2O. The molecule has 1 unspecified atom stereocenters. The summed E-state index contributed by atoms with van der Waals surface area (Å²) >= 11 is 0. The lowest BCUT2D eigenvalue weighted by atomic mass is 9.98. The van der Waals surface area contributed by atoms with Gasteiger partial charge in [0, 0.05) is 13.1 Å². The zero-order valence-corrected chi connectivity index (χ0v) is 10.4. The molecule has 1 aromatic carbocycles. The molecule has 0 aliphatic heterocycles. The maximum absolute atomic E-state index is 13.0. The molecule has 0 heterocycles. The van der Waals surface area contributed by atoms with Crippen molar-refractivity contribution < 1.29 is 13.6 Å². The Hall–Kier alpha value is -1.49. The highest BCUT2D eigenvalue weighted by atomic mass is 19.2. The molecule has 1 rings (SSSR count). The smallest absolute Gasteiger partial charge is 0.224 e. The average molecular weight is 256 g/mol. The van der Waals surface area contributed by atoms with E-state index in [1.165, 1.54) is 6.07 Å². The molecule has 0 spiro atoms. The Balaban J connectivity index is 2.67. The van der Waals surface area contributed by atoms with Gasteiger partial charge in [-0.05, 0) is 30.5 Å². The van der Waals surface area contributed by atoms with Gasteiger partial charge < -0.3 is 11.1 Å². The molecule has 3 N–H and O–H groups in total. The molecule has 0 aliphatic carbocycles. The normalized spacial score (nSPS) is 12.2. The summed E-state index contributed by atoms with van der Waals surface area (Å²) in [4.78, 5) is 11.7. The number of amides is 1. The SMILES string of the molecule is CCCNC(=O)C(CN)Cc1ccc(F)c(F)c1. The van der Waals surface area contributed by atoms with Crippen LogP contribution in [0.25, 0.3) is 0 Å². The first kappa shape index (κ1) is 14.6. The van der Waals surface area contributed by atoms with Crippen LogP contribution in [-0.4, -0.2) is 19.0 Å². The van der Waals surface area contributed by atoms with E-state index in [-0.39, 0.29) is 12.5 Å². The number of hydrogen-bond donors (Lipinski definition) is 2. The van der Waals surface area contributed by atoms with E-state index in [0.717, 1.165) is 18.6 Å². The third-order valence-electron chi connectivity index (χ3n) is 2.67. The minimum Gasteiger partial charge on any atom is -0.356 e. The highest BCUT2D eigenvalue weighted by Gasteiger charge is 2.17. The maximum atomic E-state index is 13.0. The van der Waals surface area contributed by atoms with Crippen molar-refractivity contribution in [2.24, 2.45) is 11.7 Å². The Morgan fingerprint density at radius 3 is 2.67 bits per heavy atom. The van der Waals surface area contributed by atoms with Gasteiger partial charge >= 0.3 is 0 Å². The van der Waals surface area contributed by atoms with Crippen LogP contribution in [-0.2, 0) is 11.2 Å². The van der Waals surface area contributed by atoms with Crippen molar-refractivity contribution in [3.8, 4) is 0 Å². The van der Waals surface area contributed by atoms with Gasteiger partial charge in [-0.3, -0.25) is 4.79 Å². The van der Waals surface area contributed by atoms with E-state index in [9.17, 15) is 13.6 Å². The molecule has 5 heteroatoms. The predicted molar refractivity (Wildman–Crippen MR) is 65.9 cm³/mol. The number of benzene rings is 1. The van der Waals surface area contributed by atoms with E-state index in [4.69, 9.17) is 5.73 Å². The fraction of sp³-hybridized carbons (Fsp3) is 0.462. The van der Waals surface area contributed by atoms with E-state index in [2.05, 4.69) is 5.32 Å². The lowest BCUT2D eigenvalue weighted by Gasteiger charge is -2.14. The average Bonchev–Trinajstić information content (AvgIpc) is 2.37. The maximum Gasteiger partial charge on any atom is 0.224 e. The van der Waals surface area contributed by atoms with E-state index < -0.39 is 17.6 Å². The summed E-state index contributed by atoms with van der Waals surface area (Å²) < 4.78 is 25.8. The fourth-order valence-corrected chi connectivity index (χ4v) is 1.63. The van der Waals surface area contributed by atoms with E-state index in [1.807, 2.05) is 6.92 Å². The Bertz CT molecular complexity index is 410. The molecule has 0 aromatic heterocycles. The fourth-order valence-electron chi connectivity index (χ4n) is 1.63. The molecule has 3 nitrogen and oxygen atoms in total. The van der Waals surface area contributed by atoms with Crippen molar-refractivity contribution in [3.05, 3.63) is 35.4 Å². The highest BCUT2D eigenvalue weighted by molar-refractivity contribution is 5.79.